The predicted octanol–water partition coefficient (Wildman–Crippen LogP) is 2.30. The van der Waals surface area contributed by atoms with E-state index in [1.54, 1.807) is 18.5 Å². The van der Waals surface area contributed by atoms with Crippen molar-refractivity contribution < 1.29 is 19.4 Å². The van der Waals surface area contributed by atoms with E-state index in [0.717, 1.165) is 12.8 Å². The zero-order valence-electron chi connectivity index (χ0n) is 14.2. The van der Waals surface area contributed by atoms with Gasteiger partial charge >= 0.3 is 5.97 Å². The van der Waals surface area contributed by atoms with Crippen molar-refractivity contribution >= 4 is 23.6 Å². The fourth-order valence-electron chi connectivity index (χ4n) is 3.27. The number of thioether (sulfide) groups is 1. The third-order valence-corrected chi connectivity index (χ3v) is 5.51. The summed E-state index contributed by atoms with van der Waals surface area (Å²) >= 11 is 1.21. The summed E-state index contributed by atoms with van der Waals surface area (Å²) in [6.07, 6.45) is 5.49. The van der Waals surface area contributed by atoms with Gasteiger partial charge in [-0.3, -0.25) is 4.79 Å². The summed E-state index contributed by atoms with van der Waals surface area (Å²) in [5, 5.41) is 10.0. The van der Waals surface area contributed by atoms with Crippen LogP contribution in [0.15, 0.2) is 34.2 Å². The van der Waals surface area contributed by atoms with Crippen molar-refractivity contribution in [3.05, 3.63) is 29.1 Å². The Hall–Kier alpha value is -1.93. The second kappa shape index (κ2) is 7.53. The molecule has 1 N–H and O–H groups in total. The Bertz CT molecular complexity index is 694. The average molecular weight is 363 g/mol. The molecule has 134 valence electrons. The Morgan fingerprint density at radius 1 is 1.48 bits per heavy atom. The average Bonchev–Trinajstić information content (AvgIpc) is 2.90. The number of aromatic nitrogens is 2. The minimum atomic E-state index is -1.09. The van der Waals surface area contributed by atoms with E-state index < -0.39 is 5.97 Å². The molecule has 1 aromatic heterocycles. The lowest BCUT2D eigenvalue weighted by Gasteiger charge is -2.45. The number of nitrogens with zero attached hydrogens (tertiary/aromatic N) is 3. The van der Waals surface area contributed by atoms with Gasteiger partial charge in [-0.05, 0) is 19.4 Å². The summed E-state index contributed by atoms with van der Waals surface area (Å²) in [5.41, 5.74) is 0.0597. The molecule has 0 saturated carbocycles. The fourth-order valence-corrected chi connectivity index (χ4v) is 4.26. The number of fused-ring (bicyclic) bond motifs is 1. The van der Waals surface area contributed by atoms with Crippen LogP contribution in [0.3, 0.4) is 0 Å². The first kappa shape index (κ1) is 17.9. The SMILES string of the molecule is CCCCOC(C)C1C(=O)N2C(C(=O)O)=C(Sc3ncccn3)CC12. The van der Waals surface area contributed by atoms with Crippen molar-refractivity contribution in [2.45, 2.75) is 50.4 Å². The van der Waals surface area contributed by atoms with Crippen LogP contribution in [0.4, 0.5) is 0 Å². The first-order valence-corrected chi connectivity index (χ1v) is 9.22. The van der Waals surface area contributed by atoms with Crippen molar-refractivity contribution in [1.82, 2.24) is 14.9 Å². The van der Waals surface area contributed by atoms with Gasteiger partial charge in [0.1, 0.15) is 5.70 Å². The molecule has 25 heavy (non-hydrogen) atoms. The monoisotopic (exact) mass is 363 g/mol. The van der Waals surface area contributed by atoms with E-state index >= 15 is 0 Å². The molecule has 1 aromatic rings. The molecule has 3 atom stereocenters. The Balaban J connectivity index is 1.74. The normalized spacial score (nSPS) is 23.4. The van der Waals surface area contributed by atoms with Crippen LogP contribution in [-0.2, 0) is 14.3 Å². The molecule has 0 aromatic carbocycles. The van der Waals surface area contributed by atoms with E-state index in [0.29, 0.717) is 23.1 Å². The summed E-state index contributed by atoms with van der Waals surface area (Å²) < 4.78 is 5.77. The molecule has 0 radical (unpaired) electrons. The number of carbonyl (C=O) groups is 2. The Labute approximate surface area is 150 Å². The van der Waals surface area contributed by atoms with Crippen molar-refractivity contribution in [1.29, 1.82) is 0 Å². The van der Waals surface area contributed by atoms with Crippen molar-refractivity contribution in [3.63, 3.8) is 0 Å². The molecule has 3 unspecified atom stereocenters. The number of carboxylic acids is 1. The summed E-state index contributed by atoms with van der Waals surface area (Å²) in [5.74, 6) is -1.55. The zero-order chi connectivity index (χ0) is 18.0. The summed E-state index contributed by atoms with van der Waals surface area (Å²) in [4.78, 5) is 34.5. The van der Waals surface area contributed by atoms with Gasteiger partial charge in [0.15, 0.2) is 5.16 Å². The van der Waals surface area contributed by atoms with Gasteiger partial charge in [-0.2, -0.15) is 0 Å². The maximum Gasteiger partial charge on any atom is 0.353 e. The maximum atomic E-state index is 12.5. The highest BCUT2D eigenvalue weighted by atomic mass is 32.2. The van der Waals surface area contributed by atoms with Crippen LogP contribution in [0.2, 0.25) is 0 Å². The minimum absolute atomic E-state index is 0.0597. The number of unbranched alkanes of at least 4 members (excludes halogenated alkanes) is 1. The topological polar surface area (TPSA) is 92.6 Å². The van der Waals surface area contributed by atoms with Crippen LogP contribution in [0.25, 0.3) is 0 Å². The Kier molecular flexibility index (Phi) is 5.39. The maximum absolute atomic E-state index is 12.5. The molecule has 7 nitrogen and oxygen atoms in total. The highest BCUT2D eigenvalue weighted by molar-refractivity contribution is 8.03. The molecule has 3 heterocycles. The van der Waals surface area contributed by atoms with Gasteiger partial charge in [0.25, 0.3) is 0 Å². The second-order valence-electron chi connectivity index (χ2n) is 6.15. The molecule has 3 rings (SSSR count). The largest absolute Gasteiger partial charge is 0.477 e. The molecule has 8 heteroatoms. The molecule has 1 amide bonds. The molecule has 0 aliphatic carbocycles. The number of carbonyl (C=O) groups excluding carboxylic acids is 1. The van der Waals surface area contributed by atoms with Gasteiger partial charge in [-0.15, -0.1) is 0 Å². The second-order valence-corrected chi connectivity index (χ2v) is 7.21. The van der Waals surface area contributed by atoms with Crippen LogP contribution in [0.5, 0.6) is 0 Å². The molecular formula is C17H21N3O4S. The van der Waals surface area contributed by atoms with Crippen LogP contribution in [0.1, 0.15) is 33.1 Å². The highest BCUT2D eigenvalue weighted by Gasteiger charge is 2.57. The molecule has 2 aliphatic rings. The number of hydrogen-bond acceptors (Lipinski definition) is 6. The number of amides is 1. The third kappa shape index (κ3) is 3.41. The van der Waals surface area contributed by atoms with E-state index in [2.05, 4.69) is 16.9 Å². The molecule has 0 spiro atoms. The van der Waals surface area contributed by atoms with E-state index in [4.69, 9.17) is 4.74 Å². The van der Waals surface area contributed by atoms with Crippen molar-refractivity contribution in [2.24, 2.45) is 5.92 Å². The molecule has 2 aliphatic heterocycles. The zero-order valence-corrected chi connectivity index (χ0v) is 15.0. The smallest absolute Gasteiger partial charge is 0.353 e. The van der Waals surface area contributed by atoms with Gasteiger partial charge < -0.3 is 14.7 Å². The van der Waals surface area contributed by atoms with Gasteiger partial charge in [-0.1, -0.05) is 25.1 Å². The fraction of sp³-hybridized carbons (Fsp3) is 0.529. The number of β-lactam (4-membered cyclic amide) rings is 1. The van der Waals surface area contributed by atoms with Crippen LogP contribution in [-0.4, -0.2) is 50.6 Å². The van der Waals surface area contributed by atoms with Crippen LogP contribution in [0, 0.1) is 5.92 Å². The predicted molar refractivity (Wildman–Crippen MR) is 91.6 cm³/mol. The van der Waals surface area contributed by atoms with Crippen LogP contribution < -0.4 is 0 Å². The van der Waals surface area contributed by atoms with Crippen molar-refractivity contribution in [2.75, 3.05) is 6.61 Å². The first-order valence-electron chi connectivity index (χ1n) is 8.40. The number of hydrogen-bond donors (Lipinski definition) is 1. The lowest BCUT2D eigenvalue weighted by molar-refractivity contribution is -0.164. The highest BCUT2D eigenvalue weighted by Crippen LogP contribution is 2.48. The Morgan fingerprint density at radius 2 is 2.20 bits per heavy atom. The summed E-state index contributed by atoms with van der Waals surface area (Å²) in [6.45, 7) is 4.59. The van der Waals surface area contributed by atoms with E-state index in [1.165, 1.54) is 16.7 Å². The minimum Gasteiger partial charge on any atom is -0.477 e. The van der Waals surface area contributed by atoms with Crippen LogP contribution >= 0.6 is 11.8 Å². The lowest BCUT2D eigenvalue weighted by atomic mass is 9.83. The quantitative estimate of drug-likeness (QED) is 0.430. The molecule has 1 saturated heterocycles. The van der Waals surface area contributed by atoms with Gasteiger partial charge in [0, 0.05) is 30.3 Å². The van der Waals surface area contributed by atoms with Crippen molar-refractivity contribution in [3.8, 4) is 0 Å². The third-order valence-electron chi connectivity index (χ3n) is 4.51. The van der Waals surface area contributed by atoms with Gasteiger partial charge in [-0.25, -0.2) is 14.8 Å². The number of aliphatic carboxylic acids is 1. The number of rotatable bonds is 8. The van der Waals surface area contributed by atoms with E-state index in [1.807, 2.05) is 6.92 Å². The lowest BCUT2D eigenvalue weighted by Crippen LogP contribution is -2.62. The molecule has 1 fully saturated rings. The number of carboxylic acid groups (broad SMARTS) is 1. The van der Waals surface area contributed by atoms with E-state index in [-0.39, 0.29) is 29.7 Å². The van der Waals surface area contributed by atoms with Gasteiger partial charge in [0.05, 0.1) is 18.1 Å². The Morgan fingerprint density at radius 3 is 2.84 bits per heavy atom. The summed E-state index contributed by atoms with van der Waals surface area (Å²) in [7, 11) is 0. The van der Waals surface area contributed by atoms with Gasteiger partial charge in [0.2, 0.25) is 5.91 Å². The summed E-state index contributed by atoms with van der Waals surface area (Å²) in [6, 6.07) is 1.55. The standard InChI is InChI=1S/C17H21N3O4S/c1-3-4-8-24-10(2)13-11-9-12(25-17-18-6-5-7-19-17)14(16(22)23)20(11)15(13)21/h5-7,10-11,13H,3-4,8-9H2,1-2H3,(H,22,23). The molecular weight excluding hydrogens is 342 g/mol. The molecule has 0 bridgehead atoms. The number of ether oxygens (including phenoxy) is 1. The van der Waals surface area contributed by atoms with E-state index in [9.17, 15) is 14.7 Å². The first-order chi connectivity index (χ1) is 12.0.